The molecule has 68 valence electrons. The van der Waals surface area contributed by atoms with E-state index in [1.165, 1.54) is 4.42 Å². The number of para-hydroxylation sites is 1. The number of anilines is 1. The number of fused-ring (bicyclic) bond motifs is 1. The third-order valence-electron chi connectivity index (χ3n) is 1.83. The molecule has 3 nitrogen and oxygen atoms in total. The number of hydrogen-bond donors (Lipinski definition) is 1. The molecule has 0 aromatic heterocycles. The number of carbonyl (C=O) groups is 1. The molecular formula is C8H6Cl2N2O. The van der Waals surface area contributed by atoms with Crippen molar-refractivity contribution in [1.29, 1.82) is 0 Å². The minimum Gasteiger partial charge on any atom is -0.318 e. The monoisotopic (exact) mass is 216 g/mol. The van der Waals surface area contributed by atoms with E-state index in [0.29, 0.717) is 11.3 Å². The molecule has 1 heterocycles. The molecule has 1 aliphatic heterocycles. The third kappa shape index (κ3) is 1.34. The lowest BCUT2D eigenvalue weighted by Crippen LogP contribution is -2.45. The van der Waals surface area contributed by atoms with Gasteiger partial charge in [-0.3, -0.25) is 4.79 Å². The lowest BCUT2D eigenvalue weighted by atomic mass is 10.1. The topological polar surface area (TPSA) is 32.3 Å². The summed E-state index contributed by atoms with van der Waals surface area (Å²) in [6, 6.07) is 7.02. The highest BCUT2D eigenvalue weighted by Crippen LogP contribution is 2.28. The van der Waals surface area contributed by atoms with Crippen molar-refractivity contribution in [2.75, 3.05) is 4.42 Å². The third-order valence-corrected chi connectivity index (χ3v) is 2.61. The van der Waals surface area contributed by atoms with Gasteiger partial charge >= 0.3 is 0 Å². The zero-order valence-electron chi connectivity index (χ0n) is 6.50. The Kier molecular flexibility index (Phi) is 2.06. The Morgan fingerprint density at radius 1 is 1.38 bits per heavy atom. The fraction of sp³-hybridized carbons (Fsp3) is 0.125. The number of alkyl halides is 1. The molecule has 1 aliphatic rings. The molecule has 0 bridgehead atoms. The van der Waals surface area contributed by atoms with Crippen molar-refractivity contribution < 1.29 is 4.79 Å². The standard InChI is InChI=1S/C8H6Cl2N2O/c9-8-11-7(13)5-3-1-2-4-6(5)12(8)10/h1-4,8H,(H,11,13). The molecule has 13 heavy (non-hydrogen) atoms. The Balaban J connectivity index is 2.53. The SMILES string of the molecule is O=C1NC(Cl)N(Cl)c2ccccc21. The van der Waals surface area contributed by atoms with Gasteiger partial charge in [-0.15, -0.1) is 0 Å². The molecule has 2 rings (SSSR count). The smallest absolute Gasteiger partial charge is 0.255 e. The molecule has 0 saturated carbocycles. The number of benzene rings is 1. The van der Waals surface area contributed by atoms with E-state index in [2.05, 4.69) is 5.32 Å². The van der Waals surface area contributed by atoms with Crippen LogP contribution in [0.1, 0.15) is 10.4 Å². The molecule has 1 unspecified atom stereocenters. The van der Waals surface area contributed by atoms with Gasteiger partial charge in [0.15, 0.2) is 5.62 Å². The van der Waals surface area contributed by atoms with Gasteiger partial charge in [0, 0.05) is 11.8 Å². The molecule has 1 aromatic rings. The zero-order chi connectivity index (χ0) is 9.42. The van der Waals surface area contributed by atoms with E-state index in [4.69, 9.17) is 23.4 Å². The molecular weight excluding hydrogens is 211 g/mol. The van der Waals surface area contributed by atoms with Gasteiger partial charge in [0.25, 0.3) is 5.91 Å². The van der Waals surface area contributed by atoms with Gasteiger partial charge in [-0.2, -0.15) is 0 Å². The molecule has 1 atom stereocenters. The summed E-state index contributed by atoms with van der Waals surface area (Å²) in [6.07, 6.45) is 0. The Morgan fingerprint density at radius 2 is 2.08 bits per heavy atom. The summed E-state index contributed by atoms with van der Waals surface area (Å²) in [5.74, 6) is -0.201. The van der Waals surface area contributed by atoms with Crippen molar-refractivity contribution >= 4 is 35.0 Å². The average molecular weight is 217 g/mol. The highest BCUT2D eigenvalue weighted by molar-refractivity contribution is 6.36. The fourth-order valence-electron chi connectivity index (χ4n) is 1.22. The molecule has 0 saturated heterocycles. The summed E-state index contributed by atoms with van der Waals surface area (Å²) in [5, 5.41) is 2.51. The number of amides is 1. The lowest BCUT2D eigenvalue weighted by molar-refractivity contribution is 0.0945. The van der Waals surface area contributed by atoms with Crippen LogP contribution in [-0.2, 0) is 0 Å². The van der Waals surface area contributed by atoms with E-state index in [0.717, 1.165) is 0 Å². The normalized spacial score (nSPS) is 20.9. The Bertz CT molecular complexity index is 356. The van der Waals surface area contributed by atoms with Gasteiger partial charge in [-0.25, -0.2) is 4.42 Å². The highest BCUT2D eigenvalue weighted by Gasteiger charge is 2.27. The van der Waals surface area contributed by atoms with E-state index in [1.54, 1.807) is 24.3 Å². The maximum atomic E-state index is 11.4. The minimum absolute atomic E-state index is 0.201. The zero-order valence-corrected chi connectivity index (χ0v) is 8.01. The first kappa shape index (κ1) is 8.66. The summed E-state index contributed by atoms with van der Waals surface area (Å²) in [4.78, 5) is 11.4. The van der Waals surface area contributed by atoms with Crippen LogP contribution in [0.15, 0.2) is 24.3 Å². The summed E-state index contributed by atoms with van der Waals surface area (Å²) in [5.41, 5.74) is 0.478. The van der Waals surface area contributed by atoms with Crippen LogP contribution in [0.2, 0.25) is 0 Å². The van der Waals surface area contributed by atoms with Crippen molar-refractivity contribution in [3.05, 3.63) is 29.8 Å². The van der Waals surface area contributed by atoms with Gasteiger partial charge in [0.1, 0.15) is 0 Å². The average Bonchev–Trinajstić information content (AvgIpc) is 2.15. The molecule has 0 spiro atoms. The number of halogens is 2. The van der Waals surface area contributed by atoms with Crippen molar-refractivity contribution in [2.24, 2.45) is 0 Å². The van der Waals surface area contributed by atoms with Gasteiger partial charge < -0.3 is 5.32 Å². The fourth-order valence-corrected chi connectivity index (χ4v) is 1.62. The maximum absolute atomic E-state index is 11.4. The van der Waals surface area contributed by atoms with E-state index in [-0.39, 0.29) is 5.91 Å². The predicted molar refractivity (Wildman–Crippen MR) is 51.9 cm³/mol. The van der Waals surface area contributed by atoms with Gasteiger partial charge in [-0.1, -0.05) is 23.7 Å². The first-order valence-electron chi connectivity index (χ1n) is 3.69. The van der Waals surface area contributed by atoms with Gasteiger partial charge in [0.2, 0.25) is 0 Å². The second-order valence-electron chi connectivity index (χ2n) is 2.64. The second kappa shape index (κ2) is 3.09. The molecule has 0 fully saturated rings. The minimum atomic E-state index is -0.691. The highest BCUT2D eigenvalue weighted by atomic mass is 35.5. The number of carbonyl (C=O) groups excluding carboxylic acids is 1. The summed E-state index contributed by atoms with van der Waals surface area (Å²) in [6.45, 7) is 0. The van der Waals surface area contributed by atoms with Crippen LogP contribution in [0.25, 0.3) is 0 Å². The largest absolute Gasteiger partial charge is 0.318 e. The second-order valence-corrected chi connectivity index (χ2v) is 3.42. The molecule has 0 radical (unpaired) electrons. The molecule has 5 heteroatoms. The van der Waals surface area contributed by atoms with Gasteiger partial charge in [-0.05, 0) is 12.1 Å². The molecule has 1 aromatic carbocycles. The van der Waals surface area contributed by atoms with Crippen LogP contribution in [0.4, 0.5) is 5.69 Å². The Labute approximate surface area is 85.3 Å². The first-order valence-corrected chi connectivity index (χ1v) is 4.46. The van der Waals surface area contributed by atoms with Crippen LogP contribution in [0.3, 0.4) is 0 Å². The summed E-state index contributed by atoms with van der Waals surface area (Å²) >= 11 is 11.6. The first-order chi connectivity index (χ1) is 6.20. The van der Waals surface area contributed by atoms with Crippen LogP contribution in [-0.4, -0.2) is 11.5 Å². The van der Waals surface area contributed by atoms with Gasteiger partial charge in [0.05, 0.1) is 11.3 Å². The molecule has 0 aliphatic carbocycles. The van der Waals surface area contributed by atoms with Crippen LogP contribution < -0.4 is 9.74 Å². The molecule has 1 amide bonds. The number of rotatable bonds is 0. The van der Waals surface area contributed by atoms with Crippen molar-refractivity contribution in [2.45, 2.75) is 5.62 Å². The molecule has 1 N–H and O–H groups in total. The number of hydrogen-bond acceptors (Lipinski definition) is 2. The summed E-state index contributed by atoms with van der Waals surface area (Å²) in [7, 11) is 0. The quantitative estimate of drug-likeness (QED) is 0.409. The maximum Gasteiger partial charge on any atom is 0.255 e. The van der Waals surface area contributed by atoms with E-state index >= 15 is 0 Å². The van der Waals surface area contributed by atoms with E-state index < -0.39 is 5.62 Å². The van der Waals surface area contributed by atoms with E-state index in [9.17, 15) is 4.79 Å². The Morgan fingerprint density at radius 3 is 2.85 bits per heavy atom. The van der Waals surface area contributed by atoms with Crippen molar-refractivity contribution in [3.63, 3.8) is 0 Å². The summed E-state index contributed by atoms with van der Waals surface area (Å²) < 4.78 is 1.29. The van der Waals surface area contributed by atoms with Crippen LogP contribution in [0.5, 0.6) is 0 Å². The Hall–Kier alpha value is -0.930. The number of nitrogens with zero attached hydrogens (tertiary/aromatic N) is 1. The lowest BCUT2D eigenvalue weighted by Gasteiger charge is -2.29. The van der Waals surface area contributed by atoms with Crippen molar-refractivity contribution in [3.8, 4) is 0 Å². The van der Waals surface area contributed by atoms with E-state index in [1.807, 2.05) is 0 Å². The van der Waals surface area contributed by atoms with Crippen molar-refractivity contribution in [1.82, 2.24) is 5.32 Å². The van der Waals surface area contributed by atoms with Crippen LogP contribution in [0, 0.1) is 0 Å². The predicted octanol–water partition coefficient (Wildman–Crippen LogP) is 1.91. The number of nitrogens with one attached hydrogen (secondary N) is 1. The van der Waals surface area contributed by atoms with Crippen LogP contribution >= 0.6 is 23.4 Å².